The Bertz CT molecular complexity index is 525. The third-order valence-corrected chi connectivity index (χ3v) is 3.81. The van der Waals surface area contributed by atoms with Crippen LogP contribution in [-0.2, 0) is 5.88 Å². The first-order valence-corrected chi connectivity index (χ1v) is 5.94. The smallest absolute Gasteiger partial charge is 0.159 e. The molecule has 2 aromatic rings. The van der Waals surface area contributed by atoms with Crippen molar-refractivity contribution in [3.8, 4) is 10.6 Å². The molecule has 0 aliphatic rings. The summed E-state index contributed by atoms with van der Waals surface area (Å²) in [6.07, 6.45) is 0. The molecule has 84 valence electrons. The third-order valence-electron chi connectivity index (χ3n) is 2.18. The SMILES string of the molecule is Cc1nc(-c2ccc(F)c(F)c2)sc1CCl. The van der Waals surface area contributed by atoms with Crippen LogP contribution in [0.15, 0.2) is 18.2 Å². The number of aromatic nitrogens is 1. The van der Waals surface area contributed by atoms with Crippen LogP contribution < -0.4 is 0 Å². The van der Waals surface area contributed by atoms with E-state index in [1.54, 1.807) is 0 Å². The third kappa shape index (κ3) is 2.08. The van der Waals surface area contributed by atoms with Gasteiger partial charge in [-0.2, -0.15) is 0 Å². The molecule has 0 unspecified atom stereocenters. The summed E-state index contributed by atoms with van der Waals surface area (Å²) in [4.78, 5) is 5.21. The van der Waals surface area contributed by atoms with Crippen molar-refractivity contribution in [2.24, 2.45) is 0 Å². The van der Waals surface area contributed by atoms with Gasteiger partial charge in [-0.3, -0.25) is 0 Å². The molecule has 0 N–H and O–H groups in total. The first kappa shape index (κ1) is 11.5. The van der Waals surface area contributed by atoms with Gasteiger partial charge >= 0.3 is 0 Å². The molecule has 5 heteroatoms. The largest absolute Gasteiger partial charge is 0.241 e. The Morgan fingerprint density at radius 2 is 2.06 bits per heavy atom. The number of benzene rings is 1. The number of hydrogen-bond donors (Lipinski definition) is 0. The number of halogens is 3. The van der Waals surface area contributed by atoms with E-state index in [2.05, 4.69) is 4.98 Å². The summed E-state index contributed by atoms with van der Waals surface area (Å²) < 4.78 is 25.8. The molecule has 1 heterocycles. The minimum atomic E-state index is -0.863. The summed E-state index contributed by atoms with van der Waals surface area (Å²) in [7, 11) is 0. The van der Waals surface area contributed by atoms with Gasteiger partial charge in [0.15, 0.2) is 11.6 Å². The lowest BCUT2D eigenvalue weighted by molar-refractivity contribution is 0.509. The standard InChI is InChI=1S/C11H8ClF2NS/c1-6-10(5-12)16-11(15-6)7-2-3-8(13)9(14)4-7/h2-4H,5H2,1H3. The van der Waals surface area contributed by atoms with Gasteiger partial charge in [0.05, 0.1) is 11.6 Å². The van der Waals surface area contributed by atoms with Crippen LogP contribution in [0.4, 0.5) is 8.78 Å². The molecular weight excluding hydrogens is 252 g/mol. The summed E-state index contributed by atoms with van der Waals surface area (Å²) in [5.74, 6) is -1.33. The first-order valence-electron chi connectivity index (χ1n) is 4.59. The van der Waals surface area contributed by atoms with Gasteiger partial charge in [-0.05, 0) is 25.1 Å². The van der Waals surface area contributed by atoms with E-state index in [1.807, 2.05) is 6.92 Å². The van der Waals surface area contributed by atoms with Gasteiger partial charge < -0.3 is 0 Å². The lowest BCUT2D eigenvalue weighted by Crippen LogP contribution is -1.84. The van der Waals surface area contributed by atoms with Crippen LogP contribution in [0.5, 0.6) is 0 Å². The monoisotopic (exact) mass is 259 g/mol. The number of nitrogens with zero attached hydrogens (tertiary/aromatic N) is 1. The van der Waals surface area contributed by atoms with Crippen molar-refractivity contribution in [1.82, 2.24) is 4.98 Å². The Morgan fingerprint density at radius 3 is 2.62 bits per heavy atom. The Balaban J connectivity index is 2.46. The normalized spacial score (nSPS) is 10.8. The number of thiazole rings is 1. The van der Waals surface area contributed by atoms with Crippen molar-refractivity contribution in [3.63, 3.8) is 0 Å². The molecular formula is C11H8ClF2NS. The maximum Gasteiger partial charge on any atom is 0.159 e. The van der Waals surface area contributed by atoms with E-state index in [1.165, 1.54) is 17.4 Å². The van der Waals surface area contributed by atoms with Crippen LogP contribution in [0.3, 0.4) is 0 Å². The molecule has 0 saturated heterocycles. The first-order chi connectivity index (χ1) is 7.61. The molecule has 0 amide bonds. The number of alkyl halides is 1. The molecule has 1 nitrogen and oxygen atoms in total. The minimum Gasteiger partial charge on any atom is -0.241 e. The molecule has 1 aromatic carbocycles. The van der Waals surface area contributed by atoms with Gasteiger partial charge in [-0.1, -0.05) is 0 Å². The second-order valence-corrected chi connectivity index (χ2v) is 4.64. The molecule has 2 rings (SSSR count). The summed E-state index contributed by atoms with van der Waals surface area (Å²) in [5, 5.41) is 0.659. The molecule has 0 aliphatic heterocycles. The topological polar surface area (TPSA) is 12.9 Å². The fourth-order valence-electron chi connectivity index (χ4n) is 1.30. The van der Waals surface area contributed by atoms with E-state index in [9.17, 15) is 8.78 Å². The maximum absolute atomic E-state index is 13.0. The summed E-state index contributed by atoms with van der Waals surface area (Å²) in [5.41, 5.74) is 1.41. The fraction of sp³-hybridized carbons (Fsp3) is 0.182. The van der Waals surface area contributed by atoms with Crippen molar-refractivity contribution in [2.75, 3.05) is 0 Å². The molecule has 0 radical (unpaired) electrons. The van der Waals surface area contributed by atoms with Crippen molar-refractivity contribution >= 4 is 22.9 Å². The summed E-state index contributed by atoms with van der Waals surface area (Å²) >= 11 is 7.12. The minimum absolute atomic E-state index is 0.382. The van der Waals surface area contributed by atoms with Crippen LogP contribution >= 0.6 is 22.9 Å². The summed E-state index contributed by atoms with van der Waals surface area (Å²) in [6.45, 7) is 1.84. The quantitative estimate of drug-likeness (QED) is 0.739. The van der Waals surface area contributed by atoms with Crippen LogP contribution in [0.2, 0.25) is 0 Å². The highest BCUT2D eigenvalue weighted by atomic mass is 35.5. The highest BCUT2D eigenvalue weighted by Gasteiger charge is 2.10. The van der Waals surface area contributed by atoms with Crippen LogP contribution in [0.1, 0.15) is 10.6 Å². The Labute approximate surface area is 101 Å². The van der Waals surface area contributed by atoms with E-state index in [4.69, 9.17) is 11.6 Å². The van der Waals surface area contributed by atoms with Gasteiger partial charge in [-0.15, -0.1) is 22.9 Å². The van der Waals surface area contributed by atoms with Gasteiger partial charge in [0.25, 0.3) is 0 Å². The molecule has 1 aromatic heterocycles. The van der Waals surface area contributed by atoms with Gasteiger partial charge in [-0.25, -0.2) is 13.8 Å². The second-order valence-electron chi connectivity index (χ2n) is 3.29. The Kier molecular flexibility index (Phi) is 3.21. The lowest BCUT2D eigenvalue weighted by atomic mass is 10.2. The zero-order valence-electron chi connectivity index (χ0n) is 8.43. The Hall–Kier alpha value is -1.00. The lowest BCUT2D eigenvalue weighted by Gasteiger charge is -1.96. The second kappa shape index (κ2) is 4.47. The van der Waals surface area contributed by atoms with E-state index >= 15 is 0 Å². The molecule has 0 saturated carbocycles. The van der Waals surface area contributed by atoms with E-state index < -0.39 is 11.6 Å². The maximum atomic E-state index is 13.0. The van der Waals surface area contributed by atoms with Crippen LogP contribution in [-0.4, -0.2) is 4.98 Å². The zero-order valence-corrected chi connectivity index (χ0v) is 10.0. The van der Waals surface area contributed by atoms with Gasteiger partial charge in [0, 0.05) is 10.4 Å². The predicted octanol–water partition coefficient (Wildman–Crippen LogP) is 4.14. The van der Waals surface area contributed by atoms with Crippen molar-refractivity contribution < 1.29 is 8.78 Å². The van der Waals surface area contributed by atoms with E-state index in [-0.39, 0.29) is 0 Å². The molecule has 16 heavy (non-hydrogen) atoms. The molecule has 0 aliphatic carbocycles. The van der Waals surface area contributed by atoms with Crippen LogP contribution in [0, 0.1) is 18.6 Å². The summed E-state index contributed by atoms with van der Waals surface area (Å²) in [6, 6.07) is 3.75. The predicted molar refractivity (Wildman–Crippen MR) is 61.8 cm³/mol. The average Bonchev–Trinajstić information content (AvgIpc) is 2.64. The van der Waals surface area contributed by atoms with E-state index in [0.29, 0.717) is 16.5 Å². The highest BCUT2D eigenvalue weighted by Crippen LogP contribution is 2.29. The molecule has 0 spiro atoms. The van der Waals surface area contributed by atoms with Gasteiger partial charge in [0.1, 0.15) is 5.01 Å². The van der Waals surface area contributed by atoms with Crippen molar-refractivity contribution in [2.45, 2.75) is 12.8 Å². The molecule has 0 atom stereocenters. The molecule has 0 bridgehead atoms. The zero-order chi connectivity index (χ0) is 11.7. The number of aryl methyl sites for hydroxylation is 1. The number of rotatable bonds is 2. The Morgan fingerprint density at radius 1 is 1.31 bits per heavy atom. The van der Waals surface area contributed by atoms with Crippen molar-refractivity contribution in [3.05, 3.63) is 40.4 Å². The van der Waals surface area contributed by atoms with Crippen LogP contribution in [0.25, 0.3) is 10.6 Å². The van der Waals surface area contributed by atoms with E-state index in [0.717, 1.165) is 22.7 Å². The van der Waals surface area contributed by atoms with Gasteiger partial charge in [0.2, 0.25) is 0 Å². The highest BCUT2D eigenvalue weighted by molar-refractivity contribution is 7.15. The number of hydrogen-bond acceptors (Lipinski definition) is 2. The van der Waals surface area contributed by atoms with Crippen molar-refractivity contribution in [1.29, 1.82) is 0 Å². The fourth-order valence-corrected chi connectivity index (χ4v) is 2.57. The average molecular weight is 260 g/mol. The molecule has 0 fully saturated rings.